The topological polar surface area (TPSA) is 123 Å². The standard InChI is InChI=1S/C13H20N4O5S/c1-4-21-10(19)7-23-13-15-12(20)11(16-17-13)14-5-9(18)22-6-8(2)3/h8H,4-7H2,1-3H3,(H,14,16)(H,15,17,20). The van der Waals surface area contributed by atoms with Crippen LogP contribution in [-0.4, -0.2) is 52.6 Å². The fourth-order valence-electron chi connectivity index (χ4n) is 1.30. The van der Waals surface area contributed by atoms with Gasteiger partial charge in [-0.3, -0.25) is 19.4 Å². The summed E-state index contributed by atoms with van der Waals surface area (Å²) in [6.45, 7) is 5.97. The molecule has 0 aromatic carbocycles. The maximum absolute atomic E-state index is 11.8. The van der Waals surface area contributed by atoms with E-state index >= 15 is 0 Å². The Bertz CT molecular complexity index is 590. The van der Waals surface area contributed by atoms with Crippen molar-refractivity contribution < 1.29 is 19.1 Å². The third-order valence-corrected chi connectivity index (χ3v) is 3.12. The van der Waals surface area contributed by atoms with Crippen LogP contribution in [0.2, 0.25) is 0 Å². The number of esters is 2. The molecule has 1 aromatic heterocycles. The zero-order chi connectivity index (χ0) is 17.2. The molecule has 2 N–H and O–H groups in total. The quantitative estimate of drug-likeness (QED) is 0.485. The minimum absolute atomic E-state index is 0.0206. The summed E-state index contributed by atoms with van der Waals surface area (Å²) in [5.74, 6) is -0.729. The molecule has 0 aliphatic carbocycles. The summed E-state index contributed by atoms with van der Waals surface area (Å²) in [7, 11) is 0. The summed E-state index contributed by atoms with van der Waals surface area (Å²) < 4.78 is 9.72. The van der Waals surface area contributed by atoms with Gasteiger partial charge in [0.15, 0.2) is 5.16 Å². The van der Waals surface area contributed by atoms with Gasteiger partial charge in [0.2, 0.25) is 5.82 Å². The molecule has 23 heavy (non-hydrogen) atoms. The van der Waals surface area contributed by atoms with Crippen LogP contribution in [-0.2, 0) is 19.1 Å². The minimum Gasteiger partial charge on any atom is -0.465 e. The molecule has 9 nitrogen and oxygen atoms in total. The van der Waals surface area contributed by atoms with Crippen molar-refractivity contribution in [2.45, 2.75) is 25.9 Å². The third-order valence-electron chi connectivity index (χ3n) is 2.29. The van der Waals surface area contributed by atoms with Crippen LogP contribution in [0.4, 0.5) is 5.82 Å². The molecule has 0 saturated heterocycles. The van der Waals surface area contributed by atoms with E-state index in [1.54, 1.807) is 6.92 Å². The van der Waals surface area contributed by atoms with E-state index in [1.165, 1.54) is 0 Å². The predicted octanol–water partition coefficient (Wildman–Crippen LogP) is 0.431. The number of H-pyrrole nitrogens is 1. The van der Waals surface area contributed by atoms with Gasteiger partial charge >= 0.3 is 11.9 Å². The van der Waals surface area contributed by atoms with Crippen molar-refractivity contribution >= 4 is 29.5 Å². The second kappa shape index (κ2) is 9.82. The fourth-order valence-corrected chi connectivity index (χ4v) is 1.90. The van der Waals surface area contributed by atoms with E-state index in [0.29, 0.717) is 6.61 Å². The van der Waals surface area contributed by atoms with E-state index in [9.17, 15) is 14.4 Å². The molecule has 128 valence electrons. The highest BCUT2D eigenvalue weighted by atomic mass is 32.2. The highest BCUT2D eigenvalue weighted by molar-refractivity contribution is 7.99. The third kappa shape index (κ3) is 7.63. The van der Waals surface area contributed by atoms with Crippen molar-refractivity contribution in [1.82, 2.24) is 15.2 Å². The van der Waals surface area contributed by atoms with Crippen molar-refractivity contribution in [2.24, 2.45) is 5.92 Å². The molecule has 0 unspecified atom stereocenters. The molecule has 1 heterocycles. The second-order valence-corrected chi connectivity index (χ2v) is 5.80. The Labute approximate surface area is 137 Å². The second-order valence-electron chi connectivity index (χ2n) is 4.83. The number of carbonyl (C=O) groups is 2. The van der Waals surface area contributed by atoms with Gasteiger partial charge in [0, 0.05) is 0 Å². The summed E-state index contributed by atoms with van der Waals surface area (Å²) >= 11 is 1.00. The molecular formula is C13H20N4O5S. The number of nitrogens with one attached hydrogen (secondary N) is 2. The maximum atomic E-state index is 11.8. The van der Waals surface area contributed by atoms with Crippen LogP contribution >= 0.6 is 11.8 Å². The molecular weight excluding hydrogens is 324 g/mol. The van der Waals surface area contributed by atoms with Crippen LogP contribution in [0.5, 0.6) is 0 Å². The normalized spacial score (nSPS) is 10.4. The number of aromatic amines is 1. The first-order chi connectivity index (χ1) is 10.9. The van der Waals surface area contributed by atoms with E-state index in [0.717, 1.165) is 11.8 Å². The van der Waals surface area contributed by atoms with Gasteiger partial charge in [-0.25, -0.2) is 0 Å². The number of rotatable bonds is 9. The molecule has 1 aromatic rings. The lowest BCUT2D eigenvalue weighted by Gasteiger charge is -2.08. The predicted molar refractivity (Wildman–Crippen MR) is 84.3 cm³/mol. The molecule has 0 spiro atoms. The minimum atomic E-state index is -0.539. The number of hydrogen-bond donors (Lipinski definition) is 2. The SMILES string of the molecule is CCOC(=O)CSc1nnc(NCC(=O)OCC(C)C)c(=O)[nH]1. The van der Waals surface area contributed by atoms with Crippen LogP contribution in [0, 0.1) is 5.92 Å². The Kier molecular flexibility index (Phi) is 8.09. The largest absolute Gasteiger partial charge is 0.465 e. The van der Waals surface area contributed by atoms with Gasteiger partial charge < -0.3 is 14.8 Å². The number of nitrogens with zero attached hydrogens (tertiary/aromatic N) is 2. The Morgan fingerprint density at radius 3 is 2.61 bits per heavy atom. The van der Waals surface area contributed by atoms with Gasteiger partial charge in [0.25, 0.3) is 5.56 Å². The van der Waals surface area contributed by atoms with Crippen molar-refractivity contribution in [1.29, 1.82) is 0 Å². The van der Waals surface area contributed by atoms with E-state index in [-0.39, 0.29) is 35.8 Å². The maximum Gasteiger partial charge on any atom is 0.325 e. The number of ether oxygens (including phenoxy) is 2. The number of aromatic nitrogens is 3. The van der Waals surface area contributed by atoms with Gasteiger partial charge in [-0.05, 0) is 12.8 Å². The Morgan fingerprint density at radius 1 is 1.26 bits per heavy atom. The Morgan fingerprint density at radius 2 is 2.00 bits per heavy atom. The van der Waals surface area contributed by atoms with E-state index in [4.69, 9.17) is 9.47 Å². The molecule has 1 rings (SSSR count). The highest BCUT2D eigenvalue weighted by Crippen LogP contribution is 2.10. The lowest BCUT2D eigenvalue weighted by Crippen LogP contribution is -2.24. The Balaban J connectivity index is 2.48. The zero-order valence-corrected chi connectivity index (χ0v) is 14.1. The molecule has 0 aliphatic rings. The van der Waals surface area contributed by atoms with Gasteiger partial charge in [0.05, 0.1) is 19.0 Å². The average Bonchev–Trinajstić information content (AvgIpc) is 2.50. The molecule has 0 amide bonds. The molecule has 0 aliphatic heterocycles. The van der Waals surface area contributed by atoms with Crippen LogP contribution < -0.4 is 10.9 Å². The zero-order valence-electron chi connectivity index (χ0n) is 13.2. The van der Waals surface area contributed by atoms with Gasteiger partial charge in [-0.2, -0.15) is 0 Å². The lowest BCUT2D eigenvalue weighted by molar-refractivity contribution is -0.142. The summed E-state index contributed by atoms with van der Waals surface area (Å²) in [5.41, 5.74) is -0.539. The molecule has 0 fully saturated rings. The molecule has 0 radical (unpaired) electrons. The van der Waals surface area contributed by atoms with Crippen molar-refractivity contribution in [3.05, 3.63) is 10.4 Å². The van der Waals surface area contributed by atoms with Crippen molar-refractivity contribution in [3.8, 4) is 0 Å². The van der Waals surface area contributed by atoms with Crippen LogP contribution in [0.15, 0.2) is 9.95 Å². The number of thioether (sulfide) groups is 1. The Hall–Kier alpha value is -2.10. The molecule has 10 heteroatoms. The van der Waals surface area contributed by atoms with Crippen LogP contribution in [0.1, 0.15) is 20.8 Å². The summed E-state index contributed by atoms with van der Waals surface area (Å²) in [6, 6.07) is 0. The van der Waals surface area contributed by atoms with Gasteiger partial charge in [-0.15, -0.1) is 10.2 Å². The molecule has 0 bridgehead atoms. The lowest BCUT2D eigenvalue weighted by atomic mass is 10.2. The van der Waals surface area contributed by atoms with E-state index in [2.05, 4.69) is 20.5 Å². The fraction of sp³-hybridized carbons (Fsp3) is 0.615. The van der Waals surface area contributed by atoms with E-state index < -0.39 is 17.5 Å². The summed E-state index contributed by atoms with van der Waals surface area (Å²) in [6.07, 6.45) is 0. The number of carbonyl (C=O) groups excluding carboxylic acids is 2. The average molecular weight is 344 g/mol. The number of anilines is 1. The first-order valence-corrected chi connectivity index (χ1v) is 8.05. The molecule has 0 saturated carbocycles. The van der Waals surface area contributed by atoms with E-state index in [1.807, 2.05) is 13.8 Å². The first-order valence-electron chi connectivity index (χ1n) is 7.07. The van der Waals surface area contributed by atoms with Crippen molar-refractivity contribution in [3.63, 3.8) is 0 Å². The van der Waals surface area contributed by atoms with Crippen molar-refractivity contribution in [2.75, 3.05) is 30.8 Å². The summed E-state index contributed by atoms with van der Waals surface area (Å²) in [4.78, 5) is 36.9. The highest BCUT2D eigenvalue weighted by Gasteiger charge is 2.10. The smallest absolute Gasteiger partial charge is 0.325 e. The first kappa shape index (κ1) is 18.9. The summed E-state index contributed by atoms with van der Waals surface area (Å²) in [5, 5.41) is 10.2. The van der Waals surface area contributed by atoms with Gasteiger partial charge in [-0.1, -0.05) is 25.6 Å². The monoisotopic (exact) mass is 344 g/mol. The molecule has 0 atom stereocenters. The number of hydrogen-bond acceptors (Lipinski definition) is 9. The van der Waals surface area contributed by atoms with Gasteiger partial charge in [0.1, 0.15) is 6.54 Å². The van der Waals surface area contributed by atoms with Crippen LogP contribution in [0.25, 0.3) is 0 Å². The van der Waals surface area contributed by atoms with Crippen LogP contribution in [0.3, 0.4) is 0 Å².